The van der Waals surface area contributed by atoms with Gasteiger partial charge >= 0.3 is 5.97 Å². The third kappa shape index (κ3) is 1.55. The van der Waals surface area contributed by atoms with Crippen LogP contribution in [0.25, 0.3) is 0 Å². The number of hydrogen-bond donors (Lipinski definition) is 1. The topological polar surface area (TPSA) is 63.6 Å². The first-order valence-electron chi connectivity index (χ1n) is 7.24. The molecule has 0 aromatic heterocycles. The van der Waals surface area contributed by atoms with Gasteiger partial charge in [-0.25, -0.2) is 0 Å². The number of aliphatic hydroxyl groups is 1. The van der Waals surface area contributed by atoms with Crippen molar-refractivity contribution in [2.45, 2.75) is 39.5 Å². The van der Waals surface area contributed by atoms with Crippen LogP contribution in [0.5, 0.6) is 0 Å². The lowest BCUT2D eigenvalue weighted by atomic mass is 9.46. The summed E-state index contributed by atoms with van der Waals surface area (Å²) < 4.78 is 5.26. The summed E-state index contributed by atoms with van der Waals surface area (Å²) in [6, 6.07) is 0. The Morgan fingerprint density at radius 3 is 2.74 bits per heavy atom. The fourth-order valence-corrected chi connectivity index (χ4v) is 4.93. The molecule has 0 unspecified atom stereocenters. The van der Waals surface area contributed by atoms with E-state index in [1.165, 1.54) is 0 Å². The van der Waals surface area contributed by atoms with E-state index in [2.05, 4.69) is 6.92 Å². The third-order valence-corrected chi connectivity index (χ3v) is 6.23. The molecule has 0 radical (unpaired) electrons. The van der Waals surface area contributed by atoms with Crippen molar-refractivity contribution in [2.24, 2.45) is 28.6 Å². The fourth-order valence-electron chi connectivity index (χ4n) is 4.93. The Morgan fingerprint density at radius 2 is 2.05 bits per heavy atom. The van der Waals surface area contributed by atoms with Gasteiger partial charge in [-0.2, -0.15) is 0 Å². The van der Waals surface area contributed by atoms with Gasteiger partial charge < -0.3 is 9.84 Å². The highest BCUT2D eigenvalue weighted by molar-refractivity contribution is 5.86. The van der Waals surface area contributed by atoms with Crippen molar-refractivity contribution in [2.75, 3.05) is 13.2 Å². The normalized spacial score (nSPS) is 49.5. The van der Waals surface area contributed by atoms with Crippen LogP contribution in [0.3, 0.4) is 0 Å². The molecule has 106 valence electrons. The lowest BCUT2D eigenvalue weighted by molar-refractivity contribution is -0.157. The predicted molar refractivity (Wildman–Crippen MR) is 68.2 cm³/mol. The molecule has 0 amide bonds. The second-order valence-electron chi connectivity index (χ2n) is 6.98. The van der Waals surface area contributed by atoms with Crippen LogP contribution in [0.4, 0.5) is 0 Å². The van der Waals surface area contributed by atoms with Crippen molar-refractivity contribution in [3.8, 4) is 0 Å². The van der Waals surface area contributed by atoms with Gasteiger partial charge in [0.2, 0.25) is 0 Å². The molecule has 0 bridgehead atoms. The van der Waals surface area contributed by atoms with Gasteiger partial charge in [0.25, 0.3) is 0 Å². The van der Waals surface area contributed by atoms with Crippen LogP contribution in [-0.4, -0.2) is 30.1 Å². The van der Waals surface area contributed by atoms with E-state index in [0.29, 0.717) is 13.0 Å². The predicted octanol–water partition coefficient (Wildman–Crippen LogP) is 1.55. The van der Waals surface area contributed by atoms with Crippen LogP contribution in [-0.2, 0) is 14.3 Å². The number of ether oxygens (including phenoxy) is 1. The summed E-state index contributed by atoms with van der Waals surface area (Å²) >= 11 is 0. The number of aliphatic hydroxyl groups excluding tert-OH is 1. The van der Waals surface area contributed by atoms with E-state index in [9.17, 15) is 14.7 Å². The van der Waals surface area contributed by atoms with E-state index >= 15 is 0 Å². The summed E-state index contributed by atoms with van der Waals surface area (Å²) in [5.41, 5.74) is -0.690. The van der Waals surface area contributed by atoms with Crippen molar-refractivity contribution in [3.63, 3.8) is 0 Å². The zero-order valence-corrected chi connectivity index (χ0v) is 11.6. The molecule has 3 aliphatic rings. The van der Waals surface area contributed by atoms with Crippen molar-refractivity contribution in [1.29, 1.82) is 0 Å². The Hall–Kier alpha value is -0.900. The first-order valence-corrected chi connectivity index (χ1v) is 7.24. The molecule has 1 heterocycles. The van der Waals surface area contributed by atoms with Crippen molar-refractivity contribution in [3.05, 3.63) is 0 Å². The standard InChI is InChI=1S/C15H22O4/c1-14-6-5-12(17)15(2,8-16)11(14)4-3-9-10(14)7-19-13(9)18/h9-11,16H,3-8H2,1-2H3/t9-,10-,11+,14+,15+/m1/s1. The van der Waals surface area contributed by atoms with Crippen molar-refractivity contribution < 1.29 is 19.4 Å². The number of ketones is 1. The van der Waals surface area contributed by atoms with Crippen LogP contribution in [0.2, 0.25) is 0 Å². The molecular weight excluding hydrogens is 244 g/mol. The maximum atomic E-state index is 12.2. The molecule has 1 saturated heterocycles. The number of carbonyl (C=O) groups excluding carboxylic acids is 2. The van der Waals surface area contributed by atoms with E-state index in [1.54, 1.807) is 0 Å². The quantitative estimate of drug-likeness (QED) is 0.731. The van der Waals surface area contributed by atoms with Gasteiger partial charge in [0.15, 0.2) is 0 Å². The highest BCUT2D eigenvalue weighted by Crippen LogP contribution is 2.61. The zero-order chi connectivity index (χ0) is 13.8. The second-order valence-corrected chi connectivity index (χ2v) is 6.98. The van der Waals surface area contributed by atoms with Gasteiger partial charge in [0.05, 0.1) is 24.5 Å². The monoisotopic (exact) mass is 266 g/mol. The minimum absolute atomic E-state index is 0.0115. The average molecular weight is 266 g/mol. The SMILES string of the molecule is C[C@@]12CCC(=O)[C@@](C)(CO)[C@H]1CC[C@H]1C(=O)OC[C@H]12. The summed E-state index contributed by atoms with van der Waals surface area (Å²) in [7, 11) is 0. The number of esters is 1. The largest absolute Gasteiger partial charge is 0.465 e. The number of rotatable bonds is 1. The number of cyclic esters (lactones) is 1. The Kier molecular flexibility index (Phi) is 2.79. The van der Waals surface area contributed by atoms with Gasteiger partial charge in [-0.1, -0.05) is 13.8 Å². The van der Waals surface area contributed by atoms with Gasteiger partial charge in [-0.15, -0.1) is 0 Å². The molecule has 5 atom stereocenters. The lowest BCUT2D eigenvalue weighted by Gasteiger charge is -2.56. The summed E-state index contributed by atoms with van der Waals surface area (Å²) in [4.78, 5) is 24.0. The number of Topliss-reactive ketones (excluding diaryl/α,β-unsaturated/α-hetero) is 1. The number of hydrogen-bond acceptors (Lipinski definition) is 4. The molecule has 3 fully saturated rings. The molecule has 0 aromatic rings. The summed E-state index contributed by atoms with van der Waals surface area (Å²) in [6.45, 7) is 4.50. The molecule has 0 aromatic carbocycles. The molecule has 1 aliphatic heterocycles. The Bertz CT molecular complexity index is 432. The summed E-state index contributed by atoms with van der Waals surface area (Å²) in [5, 5.41) is 9.75. The van der Waals surface area contributed by atoms with Crippen LogP contribution >= 0.6 is 0 Å². The second kappa shape index (κ2) is 4.05. The van der Waals surface area contributed by atoms with Crippen LogP contribution in [0.15, 0.2) is 0 Å². The van der Waals surface area contributed by atoms with Gasteiger partial charge in [0, 0.05) is 12.3 Å². The van der Waals surface area contributed by atoms with Gasteiger partial charge in [-0.3, -0.25) is 9.59 Å². The zero-order valence-electron chi connectivity index (χ0n) is 11.6. The van der Waals surface area contributed by atoms with E-state index in [4.69, 9.17) is 4.74 Å². The molecule has 2 saturated carbocycles. The Morgan fingerprint density at radius 1 is 1.32 bits per heavy atom. The van der Waals surface area contributed by atoms with E-state index in [0.717, 1.165) is 19.3 Å². The van der Waals surface area contributed by atoms with Gasteiger partial charge in [0.1, 0.15) is 5.78 Å². The highest BCUT2D eigenvalue weighted by atomic mass is 16.5. The maximum Gasteiger partial charge on any atom is 0.309 e. The van der Waals surface area contributed by atoms with Crippen LogP contribution in [0, 0.1) is 28.6 Å². The lowest BCUT2D eigenvalue weighted by Crippen LogP contribution is -2.57. The minimum atomic E-state index is -0.635. The third-order valence-electron chi connectivity index (χ3n) is 6.23. The highest BCUT2D eigenvalue weighted by Gasteiger charge is 2.61. The molecule has 2 aliphatic carbocycles. The molecule has 19 heavy (non-hydrogen) atoms. The Balaban J connectivity index is 1.99. The minimum Gasteiger partial charge on any atom is -0.465 e. The van der Waals surface area contributed by atoms with Crippen molar-refractivity contribution in [1.82, 2.24) is 0 Å². The van der Waals surface area contributed by atoms with E-state index in [-0.39, 0.29) is 41.5 Å². The summed E-state index contributed by atoms with van der Waals surface area (Å²) in [6.07, 6.45) is 2.98. The van der Waals surface area contributed by atoms with E-state index in [1.807, 2.05) is 6.92 Å². The molecule has 4 heteroatoms. The fraction of sp³-hybridized carbons (Fsp3) is 0.867. The first-order chi connectivity index (χ1) is 8.93. The Labute approximate surface area is 113 Å². The summed E-state index contributed by atoms with van der Waals surface area (Å²) in [5.74, 6) is 0.519. The van der Waals surface area contributed by atoms with Crippen molar-refractivity contribution >= 4 is 11.8 Å². The molecule has 0 spiro atoms. The van der Waals surface area contributed by atoms with Crippen LogP contribution < -0.4 is 0 Å². The molecule has 1 N–H and O–H groups in total. The number of carbonyl (C=O) groups is 2. The number of fused-ring (bicyclic) bond motifs is 3. The maximum absolute atomic E-state index is 12.2. The smallest absolute Gasteiger partial charge is 0.309 e. The first kappa shape index (κ1) is 13.1. The average Bonchev–Trinajstić information content (AvgIpc) is 2.78. The van der Waals surface area contributed by atoms with E-state index < -0.39 is 5.41 Å². The molecule has 4 nitrogen and oxygen atoms in total. The van der Waals surface area contributed by atoms with Gasteiger partial charge in [-0.05, 0) is 30.6 Å². The van der Waals surface area contributed by atoms with Crippen LogP contribution in [0.1, 0.15) is 39.5 Å². The molecule has 3 rings (SSSR count). The molecular formula is C15H22O4.